The lowest BCUT2D eigenvalue weighted by atomic mass is 10.2. The van der Waals surface area contributed by atoms with Crippen LogP contribution in [0.3, 0.4) is 0 Å². The highest BCUT2D eigenvalue weighted by molar-refractivity contribution is 9.09. The van der Waals surface area contributed by atoms with E-state index >= 15 is 0 Å². The first-order valence-corrected chi connectivity index (χ1v) is 46.9. The number of terminal acetylenes is 2. The number of rotatable bonds is 79. The summed E-state index contributed by atoms with van der Waals surface area (Å²) in [5.41, 5.74) is 10.6. The number of alkyl carbamates (subject to hydrolysis) is 3. The van der Waals surface area contributed by atoms with Crippen molar-refractivity contribution in [2.24, 2.45) is 11.5 Å². The van der Waals surface area contributed by atoms with Crippen LogP contribution in [-0.4, -0.2) is 388 Å². The second-order valence-electron chi connectivity index (χ2n) is 30.7. The maximum atomic E-state index is 12.6. The first-order valence-electron chi connectivity index (χ1n) is 45.8. The molecule has 0 spiro atoms. The van der Waals surface area contributed by atoms with Gasteiger partial charge in [0.15, 0.2) is 0 Å². The fourth-order valence-corrected chi connectivity index (χ4v) is 9.60. The molecule has 0 aliphatic rings. The summed E-state index contributed by atoms with van der Waals surface area (Å²) >= 11 is 3.25. The Kier molecular flexibility index (Phi) is 111. The Morgan fingerprint density at radius 2 is 0.628 bits per heavy atom. The van der Waals surface area contributed by atoms with E-state index in [4.69, 9.17) is 129 Å². The van der Waals surface area contributed by atoms with Crippen LogP contribution in [0.25, 0.3) is 0 Å². The number of carbonyl (C=O) groups excluding carboxylic acids is 5. The number of ether oxygens (including phenoxy) is 21. The fraction of sp³-hybridized carbons (Fsp3) is 0.837. The first kappa shape index (κ1) is 135. The monoisotopic (exact) mass is 1940 g/mol. The number of alkyl halides is 1. The molecule has 8 N–H and O–H groups in total. The number of carbonyl (C=O) groups is 5. The van der Waals surface area contributed by atoms with E-state index in [1.807, 2.05) is 61.5 Å². The summed E-state index contributed by atoms with van der Waals surface area (Å²) in [4.78, 5) is 65.3. The van der Waals surface area contributed by atoms with Gasteiger partial charge in [0.2, 0.25) is 11.8 Å². The summed E-state index contributed by atoms with van der Waals surface area (Å²) in [7, 11) is 0. The number of halogens is 2. The van der Waals surface area contributed by atoms with Crippen LogP contribution < -0.4 is 27.4 Å². The molecule has 5 amide bonds. The molecular weight excluding hydrogens is 1760 g/mol. The van der Waals surface area contributed by atoms with Gasteiger partial charge in [-0.1, -0.05) is 92.7 Å². The van der Waals surface area contributed by atoms with Crippen molar-refractivity contribution < 1.29 is 129 Å². The van der Waals surface area contributed by atoms with Gasteiger partial charge in [-0.15, -0.1) is 25.3 Å². The molecular formula is C92H178BrClN8O27. The molecule has 0 radical (unpaired) electrons. The summed E-state index contributed by atoms with van der Waals surface area (Å²) in [5, 5.41) is 17.1. The number of hydrogen-bond acceptors (Lipinski definition) is 30. The Balaban J connectivity index is -0.000000376. The highest BCUT2D eigenvalue weighted by atomic mass is 79.9. The molecule has 0 unspecified atom stereocenters. The molecule has 37 heteroatoms. The maximum absolute atomic E-state index is 12.6. The molecule has 762 valence electrons. The van der Waals surface area contributed by atoms with Gasteiger partial charge < -0.3 is 142 Å². The van der Waals surface area contributed by atoms with E-state index in [0.717, 1.165) is 129 Å². The van der Waals surface area contributed by atoms with Gasteiger partial charge in [0.25, 0.3) is 0 Å². The van der Waals surface area contributed by atoms with Crippen LogP contribution in [0.5, 0.6) is 0 Å². The second kappa shape index (κ2) is 107. The minimum Gasteiger partial charge on any atom is -0.444 e. The third kappa shape index (κ3) is 119. The van der Waals surface area contributed by atoms with Crippen molar-refractivity contribution in [1.82, 2.24) is 30.7 Å². The van der Waals surface area contributed by atoms with Crippen molar-refractivity contribution in [3.05, 3.63) is 35.9 Å². The lowest BCUT2D eigenvalue weighted by molar-refractivity contribution is -0.134. The van der Waals surface area contributed by atoms with Gasteiger partial charge in [0.1, 0.15) is 30.0 Å². The molecule has 0 saturated heterocycles. The van der Waals surface area contributed by atoms with E-state index in [0.29, 0.717) is 237 Å². The van der Waals surface area contributed by atoms with Crippen molar-refractivity contribution in [3.63, 3.8) is 0 Å². The smallest absolute Gasteiger partial charge is 0.407 e. The number of nitrogens with two attached hydrogens (primary N) is 2. The Labute approximate surface area is 791 Å². The predicted molar refractivity (Wildman–Crippen MR) is 511 cm³/mol. The molecule has 0 heterocycles. The third-order valence-electron chi connectivity index (χ3n) is 15.1. The lowest BCUT2D eigenvalue weighted by Gasteiger charge is -2.23. The van der Waals surface area contributed by atoms with Crippen LogP contribution in [0, 0.1) is 24.7 Å². The van der Waals surface area contributed by atoms with Crippen molar-refractivity contribution in [2.75, 3.05) is 322 Å². The SMILES string of the molecule is C#CCOCCOCCOCCOCCC(=O)N(CCOCCC)CCOCCNC(=O)OC(C)(C)C.C#CCOCCOCCOCCOCCC(=O)N(CCOCCN)CCOCCN.CCCOCCBr.CCCOCCCCCOCCNC(=O)OC(C)(C)C.CCCOCCN(CCOCCNC(=O)OC(C)(C)C)Cc1ccccc1.CCCOCCO.Cl. The third-order valence-corrected chi connectivity index (χ3v) is 15.5. The number of unbranched alkanes of at least 4 members (excludes halogenated alkanes) is 2. The normalized spacial score (nSPS) is 11.0. The Morgan fingerprint density at radius 3 is 0.930 bits per heavy atom. The standard InChI is InChI=1S/C26H48N2O9.C21H36N2O4.C20H39N3O7.C15H31NO4.C5H11BrO.C5H12O2.ClH/c1-6-12-31-16-10-28(11-17-34-15-9-27-25(30)37-26(3,4)5)24(29)8-14-33-19-21-36-23-22-35-20-18-32-13-7-2;1-5-14-25-16-12-23(18-19-9-7-6-8-10-19)13-17-26-15-11-22-20(24)27-21(2,3)4;1-2-8-25-14-16-29-18-19-30-17-15-26-9-3-20(24)23(6-12-27-10-4-21)7-13-28-11-5-22;1-5-10-18-11-7-6-8-12-19-13-9-16-14(17)20-15(2,3)4;2*1-2-4-7-5-3-6;/h2H,6,8-23H2,1,3-5H3,(H,27,30);6-10H,5,11-18H2,1-4H3,(H,22,24);1H,3-19,21-22H2;5-13H2,1-4H3,(H,16,17);2-5H2,1H3;6H,2-5H2,1H3;1H. The Morgan fingerprint density at radius 1 is 0.357 bits per heavy atom. The molecule has 0 aliphatic carbocycles. The largest absolute Gasteiger partial charge is 0.444 e. The van der Waals surface area contributed by atoms with Gasteiger partial charge in [0.05, 0.1) is 198 Å². The quantitative estimate of drug-likeness (QED) is 0.0153. The summed E-state index contributed by atoms with van der Waals surface area (Å²) in [6.07, 6.45) is 17.8. The number of aliphatic hydroxyl groups excluding tert-OH is 1. The molecule has 0 saturated carbocycles. The van der Waals surface area contributed by atoms with Crippen LogP contribution in [0.2, 0.25) is 0 Å². The molecule has 1 rings (SSSR count). The molecule has 0 aliphatic heterocycles. The van der Waals surface area contributed by atoms with Crippen LogP contribution in [-0.2, 0) is 116 Å². The maximum Gasteiger partial charge on any atom is 0.407 e. The molecule has 129 heavy (non-hydrogen) atoms. The minimum atomic E-state index is -0.545. The van der Waals surface area contributed by atoms with Gasteiger partial charge in [-0.05, 0) is 119 Å². The first-order chi connectivity index (χ1) is 61.7. The van der Waals surface area contributed by atoms with Gasteiger partial charge in [-0.2, -0.15) is 0 Å². The van der Waals surface area contributed by atoms with Gasteiger partial charge in [0, 0.05) is 130 Å². The van der Waals surface area contributed by atoms with Gasteiger partial charge >= 0.3 is 18.3 Å². The minimum absolute atomic E-state index is 0. The summed E-state index contributed by atoms with van der Waals surface area (Å²) in [6.45, 7) is 52.3. The van der Waals surface area contributed by atoms with E-state index in [1.165, 1.54) is 5.56 Å². The van der Waals surface area contributed by atoms with Crippen LogP contribution >= 0.6 is 28.3 Å². The van der Waals surface area contributed by atoms with Crippen molar-refractivity contribution in [3.8, 4) is 24.7 Å². The van der Waals surface area contributed by atoms with E-state index in [-0.39, 0.29) is 50.3 Å². The molecule has 0 aromatic heterocycles. The molecule has 0 atom stereocenters. The molecule has 35 nitrogen and oxygen atoms in total. The Hall–Kier alpha value is -5.02. The number of nitrogens with zero attached hydrogens (tertiary/aromatic N) is 3. The second-order valence-corrected chi connectivity index (χ2v) is 31.5. The molecule has 1 aromatic carbocycles. The summed E-state index contributed by atoms with van der Waals surface area (Å²) in [5.74, 6) is 4.73. The zero-order valence-corrected chi connectivity index (χ0v) is 84.2. The highest BCUT2D eigenvalue weighted by Gasteiger charge is 2.20. The zero-order valence-electron chi connectivity index (χ0n) is 81.8. The number of hydrogen-bond donors (Lipinski definition) is 6. The van der Waals surface area contributed by atoms with E-state index in [2.05, 4.69) is 93.7 Å². The topological polar surface area (TPSA) is 397 Å². The van der Waals surface area contributed by atoms with E-state index in [9.17, 15) is 24.0 Å². The van der Waals surface area contributed by atoms with Crippen molar-refractivity contribution in [2.45, 2.75) is 184 Å². The molecule has 1 aromatic rings. The van der Waals surface area contributed by atoms with Crippen molar-refractivity contribution in [1.29, 1.82) is 0 Å². The Bertz CT molecular complexity index is 2580. The fourth-order valence-electron chi connectivity index (χ4n) is 9.37. The van der Waals surface area contributed by atoms with Crippen LogP contribution in [0.4, 0.5) is 14.4 Å². The number of aliphatic hydroxyl groups is 1. The predicted octanol–water partition coefficient (Wildman–Crippen LogP) is 9.94. The van der Waals surface area contributed by atoms with Gasteiger partial charge in [-0.25, -0.2) is 14.4 Å². The average Bonchev–Trinajstić information content (AvgIpc) is 0.972. The van der Waals surface area contributed by atoms with Crippen LogP contribution in [0.15, 0.2) is 30.3 Å². The van der Waals surface area contributed by atoms with E-state index in [1.54, 1.807) is 30.6 Å². The molecule has 0 fully saturated rings. The zero-order chi connectivity index (χ0) is 96.0. The number of nitrogens with one attached hydrogen (secondary N) is 3. The highest BCUT2D eigenvalue weighted by Crippen LogP contribution is 2.10. The van der Waals surface area contributed by atoms with Crippen molar-refractivity contribution >= 4 is 58.4 Å². The van der Waals surface area contributed by atoms with Crippen LogP contribution in [0.1, 0.15) is 167 Å². The summed E-state index contributed by atoms with van der Waals surface area (Å²) in [6, 6.07) is 10.4. The average molecular weight is 1940 g/mol. The van der Waals surface area contributed by atoms with E-state index < -0.39 is 35.1 Å². The van der Waals surface area contributed by atoms with Gasteiger partial charge in [-0.3, -0.25) is 14.5 Å². The lowest BCUT2D eigenvalue weighted by Crippen LogP contribution is -2.38. The molecule has 0 bridgehead atoms. The number of benzene rings is 1. The summed E-state index contributed by atoms with van der Waals surface area (Å²) < 4.78 is 112. The number of amides is 5.